The highest BCUT2D eigenvalue weighted by molar-refractivity contribution is 5.98. The van der Waals surface area contributed by atoms with Crippen LogP contribution >= 0.6 is 0 Å². The van der Waals surface area contributed by atoms with Crippen molar-refractivity contribution < 1.29 is 24.0 Å². The Labute approximate surface area is 137 Å². The van der Waals surface area contributed by atoms with Gasteiger partial charge in [0, 0.05) is 18.1 Å². The minimum atomic E-state index is -0.560. The Morgan fingerprint density at radius 1 is 1.42 bits per heavy atom. The van der Waals surface area contributed by atoms with E-state index in [0.29, 0.717) is 12.2 Å². The molecule has 1 aromatic rings. The zero-order chi connectivity index (χ0) is 17.0. The molecule has 5 atom stereocenters. The number of carbonyl (C=O) groups excluding carboxylic acids is 2. The summed E-state index contributed by atoms with van der Waals surface area (Å²) in [6.07, 6.45) is 1.45. The predicted octanol–water partition coefficient (Wildman–Crippen LogP) is 1.74. The first-order chi connectivity index (χ1) is 11.5. The van der Waals surface area contributed by atoms with Crippen molar-refractivity contribution in [1.29, 1.82) is 0 Å². The summed E-state index contributed by atoms with van der Waals surface area (Å²) in [6.45, 7) is 0. The smallest absolute Gasteiger partial charge is 0.310 e. The molecule has 24 heavy (non-hydrogen) atoms. The van der Waals surface area contributed by atoms with Crippen LogP contribution in [0.15, 0.2) is 18.2 Å². The second-order valence-electron chi connectivity index (χ2n) is 6.55. The van der Waals surface area contributed by atoms with Crippen molar-refractivity contribution >= 4 is 23.3 Å². The SMILES string of the molecule is COc1ccc([N+](=O)[O-])c(NC(=O)[C@H]2[C@@H]3C[C@H]4[C@H]2C(=O)O[C@H]4C3)c1. The van der Waals surface area contributed by atoms with Gasteiger partial charge in [-0.3, -0.25) is 19.7 Å². The second kappa shape index (κ2) is 5.19. The summed E-state index contributed by atoms with van der Waals surface area (Å²) >= 11 is 0. The van der Waals surface area contributed by atoms with Crippen LogP contribution in [0.3, 0.4) is 0 Å². The summed E-state index contributed by atoms with van der Waals surface area (Å²) in [6, 6.07) is 4.17. The molecule has 2 bridgehead atoms. The lowest BCUT2D eigenvalue weighted by Gasteiger charge is -2.23. The number of rotatable bonds is 4. The lowest BCUT2D eigenvalue weighted by atomic mass is 9.79. The molecule has 4 rings (SSSR count). The quantitative estimate of drug-likeness (QED) is 0.511. The third-order valence-corrected chi connectivity index (χ3v) is 5.44. The normalized spacial score (nSPS) is 32.5. The topological polar surface area (TPSA) is 108 Å². The minimum Gasteiger partial charge on any atom is -0.497 e. The summed E-state index contributed by atoms with van der Waals surface area (Å²) in [5.41, 5.74) is -0.130. The summed E-state index contributed by atoms with van der Waals surface area (Å²) in [4.78, 5) is 35.3. The Morgan fingerprint density at radius 2 is 2.21 bits per heavy atom. The maximum absolute atomic E-state index is 12.7. The standard InChI is InChI=1S/C16H16N2O6/c1-23-8-2-3-11(18(21)22)10(6-8)17-15(19)13-7-4-9-12(5-7)24-16(20)14(9)13/h2-3,6-7,9,12-14H,4-5H2,1H3,(H,17,19)/t7-,9-,12+,13+,14-/m1/s1. The number of amides is 1. The molecule has 0 unspecified atom stereocenters. The Hall–Kier alpha value is -2.64. The molecule has 1 heterocycles. The third-order valence-electron chi connectivity index (χ3n) is 5.44. The van der Waals surface area contributed by atoms with Crippen LogP contribution in [0.1, 0.15) is 12.8 Å². The molecule has 1 aliphatic heterocycles. The molecule has 1 amide bonds. The largest absolute Gasteiger partial charge is 0.497 e. The van der Waals surface area contributed by atoms with Crippen LogP contribution in [0, 0.1) is 33.8 Å². The van der Waals surface area contributed by atoms with E-state index in [1.54, 1.807) is 0 Å². The van der Waals surface area contributed by atoms with Gasteiger partial charge in [-0.05, 0) is 24.8 Å². The lowest BCUT2D eigenvalue weighted by molar-refractivity contribution is -0.384. The molecule has 0 spiro atoms. The highest BCUT2D eigenvalue weighted by atomic mass is 16.6. The fourth-order valence-electron chi connectivity index (χ4n) is 4.48. The second-order valence-corrected chi connectivity index (χ2v) is 6.55. The average molecular weight is 332 g/mol. The number of hydrogen-bond donors (Lipinski definition) is 1. The van der Waals surface area contributed by atoms with E-state index in [1.807, 2.05) is 0 Å². The Balaban J connectivity index is 1.61. The lowest BCUT2D eigenvalue weighted by Crippen LogP contribution is -2.36. The number of esters is 1. The minimum absolute atomic E-state index is 0.0531. The van der Waals surface area contributed by atoms with E-state index in [2.05, 4.69) is 5.32 Å². The molecule has 2 aliphatic carbocycles. The number of nitro benzene ring substituents is 1. The van der Waals surface area contributed by atoms with E-state index in [4.69, 9.17) is 9.47 Å². The van der Waals surface area contributed by atoms with Gasteiger partial charge in [-0.25, -0.2) is 0 Å². The highest BCUT2D eigenvalue weighted by Gasteiger charge is 2.63. The van der Waals surface area contributed by atoms with Gasteiger partial charge in [-0.2, -0.15) is 0 Å². The van der Waals surface area contributed by atoms with Crippen LogP contribution in [0.2, 0.25) is 0 Å². The Morgan fingerprint density at radius 3 is 2.92 bits per heavy atom. The van der Waals surface area contributed by atoms with Gasteiger partial charge in [0.25, 0.3) is 5.69 Å². The van der Waals surface area contributed by atoms with Crippen molar-refractivity contribution in [3.05, 3.63) is 28.3 Å². The average Bonchev–Trinajstić information content (AvgIpc) is 3.16. The number of methoxy groups -OCH3 is 1. The molecule has 1 saturated heterocycles. The van der Waals surface area contributed by atoms with Crippen molar-refractivity contribution in [3.8, 4) is 5.75 Å². The van der Waals surface area contributed by atoms with Crippen molar-refractivity contribution in [2.75, 3.05) is 12.4 Å². The number of hydrogen-bond acceptors (Lipinski definition) is 6. The van der Waals surface area contributed by atoms with Crippen molar-refractivity contribution in [3.63, 3.8) is 0 Å². The number of nitrogens with zero attached hydrogens (tertiary/aromatic N) is 1. The molecular weight excluding hydrogens is 316 g/mol. The molecule has 0 radical (unpaired) electrons. The summed E-state index contributed by atoms with van der Waals surface area (Å²) < 4.78 is 10.4. The molecule has 0 aromatic heterocycles. The zero-order valence-corrected chi connectivity index (χ0v) is 12.9. The fourth-order valence-corrected chi connectivity index (χ4v) is 4.48. The van der Waals surface area contributed by atoms with Crippen LogP contribution in [0.25, 0.3) is 0 Å². The van der Waals surface area contributed by atoms with Crippen LogP contribution in [0.5, 0.6) is 5.75 Å². The molecule has 3 fully saturated rings. The van der Waals surface area contributed by atoms with Gasteiger partial charge in [0.05, 0.1) is 23.9 Å². The monoisotopic (exact) mass is 332 g/mol. The molecule has 126 valence electrons. The summed E-state index contributed by atoms with van der Waals surface area (Å²) in [5.74, 6) is -0.958. The summed E-state index contributed by atoms with van der Waals surface area (Å²) in [7, 11) is 1.44. The first-order valence-electron chi connectivity index (χ1n) is 7.83. The van der Waals surface area contributed by atoms with Crippen molar-refractivity contribution in [1.82, 2.24) is 0 Å². The fraction of sp³-hybridized carbons (Fsp3) is 0.500. The van der Waals surface area contributed by atoms with Crippen LogP contribution < -0.4 is 10.1 Å². The molecule has 1 aromatic carbocycles. The van der Waals surface area contributed by atoms with Crippen molar-refractivity contribution in [2.45, 2.75) is 18.9 Å². The number of carbonyl (C=O) groups is 2. The third kappa shape index (κ3) is 2.05. The highest BCUT2D eigenvalue weighted by Crippen LogP contribution is 2.57. The van der Waals surface area contributed by atoms with Crippen LogP contribution in [-0.4, -0.2) is 30.0 Å². The molecule has 3 aliphatic rings. The van der Waals surface area contributed by atoms with E-state index < -0.39 is 16.8 Å². The van der Waals surface area contributed by atoms with Crippen molar-refractivity contribution in [2.24, 2.45) is 23.7 Å². The van der Waals surface area contributed by atoms with Gasteiger partial charge in [0.1, 0.15) is 17.5 Å². The summed E-state index contributed by atoms with van der Waals surface area (Å²) in [5, 5.41) is 13.8. The first-order valence-corrected chi connectivity index (χ1v) is 7.83. The van der Waals surface area contributed by atoms with E-state index in [1.165, 1.54) is 25.3 Å². The van der Waals surface area contributed by atoms with E-state index >= 15 is 0 Å². The van der Waals surface area contributed by atoms with Gasteiger partial charge in [-0.1, -0.05) is 0 Å². The predicted molar refractivity (Wildman–Crippen MR) is 81.4 cm³/mol. The number of benzene rings is 1. The van der Waals surface area contributed by atoms with E-state index in [-0.39, 0.29) is 41.2 Å². The van der Waals surface area contributed by atoms with Crippen LogP contribution in [-0.2, 0) is 14.3 Å². The molecule has 8 heteroatoms. The zero-order valence-electron chi connectivity index (χ0n) is 12.9. The van der Waals surface area contributed by atoms with Gasteiger partial charge >= 0.3 is 5.97 Å². The number of ether oxygens (including phenoxy) is 2. The number of anilines is 1. The van der Waals surface area contributed by atoms with Gasteiger partial charge < -0.3 is 14.8 Å². The van der Waals surface area contributed by atoms with Crippen LogP contribution in [0.4, 0.5) is 11.4 Å². The van der Waals surface area contributed by atoms with E-state index in [0.717, 1.165) is 6.42 Å². The number of nitrogens with one attached hydrogen (secondary N) is 1. The Kier molecular flexibility index (Phi) is 3.22. The first kappa shape index (κ1) is 14.9. The number of fused-ring (bicyclic) bond motifs is 1. The molecule has 8 nitrogen and oxygen atoms in total. The van der Waals surface area contributed by atoms with E-state index in [9.17, 15) is 19.7 Å². The van der Waals surface area contributed by atoms with Gasteiger partial charge in [0.2, 0.25) is 5.91 Å². The van der Waals surface area contributed by atoms with Gasteiger partial charge in [0.15, 0.2) is 0 Å². The molecule has 2 saturated carbocycles. The maximum atomic E-state index is 12.7. The molecule has 1 N–H and O–H groups in total. The van der Waals surface area contributed by atoms with Gasteiger partial charge in [-0.15, -0.1) is 0 Å². The molecular formula is C16H16N2O6. The number of nitro groups is 1. The Bertz CT molecular complexity index is 746. The maximum Gasteiger partial charge on any atom is 0.310 e.